The van der Waals surface area contributed by atoms with Crippen molar-refractivity contribution in [3.05, 3.63) is 24.3 Å². The van der Waals surface area contributed by atoms with Crippen LogP contribution >= 0.6 is 0 Å². The van der Waals surface area contributed by atoms with Crippen LogP contribution in [0.4, 0.5) is 0 Å². The molecule has 1 N–H and O–H groups in total. The number of carbonyl (C=O) groups is 1. The van der Waals surface area contributed by atoms with E-state index >= 15 is 0 Å². The lowest BCUT2D eigenvalue weighted by atomic mass is 10.1. The minimum absolute atomic E-state index is 0.174. The molecule has 0 spiro atoms. The van der Waals surface area contributed by atoms with Crippen molar-refractivity contribution in [1.29, 1.82) is 0 Å². The van der Waals surface area contributed by atoms with Gasteiger partial charge in [-0.2, -0.15) is 4.31 Å². The minimum Gasteiger partial charge on any atom is -0.497 e. The van der Waals surface area contributed by atoms with E-state index in [0.29, 0.717) is 43.4 Å². The zero-order valence-corrected chi connectivity index (χ0v) is 16.7. The Morgan fingerprint density at radius 3 is 2.33 bits per heavy atom. The molecule has 1 heterocycles. The van der Waals surface area contributed by atoms with Crippen molar-refractivity contribution >= 4 is 15.9 Å². The van der Waals surface area contributed by atoms with Gasteiger partial charge in [-0.25, -0.2) is 8.42 Å². The maximum atomic E-state index is 12.8. The Hall–Kier alpha value is -1.64. The second-order valence-electron chi connectivity index (χ2n) is 7.19. The van der Waals surface area contributed by atoms with E-state index in [-0.39, 0.29) is 11.8 Å². The van der Waals surface area contributed by atoms with Crippen molar-refractivity contribution < 1.29 is 17.9 Å². The number of hydrogen-bond acceptors (Lipinski definition) is 5. The maximum Gasteiger partial charge on any atom is 0.243 e. The van der Waals surface area contributed by atoms with E-state index < -0.39 is 10.0 Å². The number of hydrogen-bond donors (Lipinski definition) is 1. The van der Waals surface area contributed by atoms with Gasteiger partial charge in [0.05, 0.1) is 12.0 Å². The predicted octanol–water partition coefficient (Wildman–Crippen LogP) is 1.31. The average molecular weight is 396 g/mol. The Labute approximate surface area is 161 Å². The third-order valence-electron chi connectivity index (χ3n) is 5.48. The molecule has 0 unspecified atom stereocenters. The summed E-state index contributed by atoms with van der Waals surface area (Å²) in [5.74, 6) is 1.00. The van der Waals surface area contributed by atoms with E-state index in [1.807, 2.05) is 0 Å². The van der Waals surface area contributed by atoms with Crippen LogP contribution in [-0.2, 0) is 14.8 Å². The van der Waals surface area contributed by atoms with Gasteiger partial charge in [0.2, 0.25) is 15.9 Å². The molecule has 0 bridgehead atoms. The van der Waals surface area contributed by atoms with Crippen molar-refractivity contribution in [2.45, 2.75) is 30.6 Å². The van der Waals surface area contributed by atoms with Crippen LogP contribution in [0.5, 0.6) is 5.75 Å². The highest BCUT2D eigenvalue weighted by Gasteiger charge is 2.28. The predicted molar refractivity (Wildman–Crippen MR) is 103 cm³/mol. The lowest BCUT2D eigenvalue weighted by Crippen LogP contribution is -2.50. The first kappa shape index (κ1) is 20.1. The molecule has 1 saturated carbocycles. The molecule has 1 aliphatic carbocycles. The largest absolute Gasteiger partial charge is 0.497 e. The van der Waals surface area contributed by atoms with Crippen LogP contribution in [0.15, 0.2) is 29.2 Å². The molecule has 2 aliphatic rings. The standard InChI is InChI=1S/C19H29N3O4S/c1-26-17-6-8-18(9-7-17)27(24,25)22-14-12-21(13-15-22)11-10-20-19(23)16-4-2-3-5-16/h6-9,16H,2-5,10-15H2,1H3,(H,20,23). The summed E-state index contributed by atoms with van der Waals surface area (Å²) in [4.78, 5) is 14.5. The van der Waals surface area contributed by atoms with Crippen LogP contribution in [0.1, 0.15) is 25.7 Å². The third kappa shape index (κ3) is 5.00. The highest BCUT2D eigenvalue weighted by atomic mass is 32.2. The van der Waals surface area contributed by atoms with Gasteiger partial charge in [-0.15, -0.1) is 0 Å². The van der Waals surface area contributed by atoms with Gasteiger partial charge in [-0.05, 0) is 37.1 Å². The van der Waals surface area contributed by atoms with Crippen molar-refractivity contribution in [3.63, 3.8) is 0 Å². The number of carbonyl (C=O) groups excluding carboxylic acids is 1. The quantitative estimate of drug-likeness (QED) is 0.753. The summed E-state index contributed by atoms with van der Waals surface area (Å²) >= 11 is 0. The van der Waals surface area contributed by atoms with Gasteiger partial charge in [0, 0.05) is 45.2 Å². The Morgan fingerprint density at radius 1 is 1.11 bits per heavy atom. The normalized spacial score (nSPS) is 19.9. The molecule has 1 aromatic carbocycles. The maximum absolute atomic E-state index is 12.8. The number of sulfonamides is 1. The van der Waals surface area contributed by atoms with Gasteiger partial charge in [-0.1, -0.05) is 12.8 Å². The van der Waals surface area contributed by atoms with Gasteiger partial charge in [-0.3, -0.25) is 9.69 Å². The smallest absolute Gasteiger partial charge is 0.243 e. The fourth-order valence-corrected chi connectivity index (χ4v) is 5.18. The third-order valence-corrected chi connectivity index (χ3v) is 7.39. The van der Waals surface area contributed by atoms with Crippen molar-refractivity contribution in [1.82, 2.24) is 14.5 Å². The summed E-state index contributed by atoms with van der Waals surface area (Å²) in [6, 6.07) is 6.49. The first-order valence-corrected chi connectivity index (χ1v) is 11.1. The summed E-state index contributed by atoms with van der Waals surface area (Å²) in [5, 5.41) is 3.03. The molecule has 1 amide bonds. The molecule has 3 rings (SSSR count). The van der Waals surface area contributed by atoms with Gasteiger partial charge in [0.15, 0.2) is 0 Å². The summed E-state index contributed by atoms with van der Waals surface area (Å²) in [6.07, 6.45) is 4.33. The minimum atomic E-state index is -3.47. The van der Waals surface area contributed by atoms with Crippen molar-refractivity contribution in [2.24, 2.45) is 5.92 Å². The number of nitrogens with one attached hydrogen (secondary N) is 1. The van der Waals surface area contributed by atoms with E-state index in [1.54, 1.807) is 31.4 Å². The second kappa shape index (κ2) is 9.03. The van der Waals surface area contributed by atoms with E-state index in [0.717, 1.165) is 32.2 Å². The summed E-state index contributed by atoms with van der Waals surface area (Å²) in [5.41, 5.74) is 0. The number of benzene rings is 1. The van der Waals surface area contributed by atoms with E-state index in [4.69, 9.17) is 4.74 Å². The zero-order valence-electron chi connectivity index (χ0n) is 15.9. The first-order valence-electron chi connectivity index (χ1n) is 9.65. The second-order valence-corrected chi connectivity index (χ2v) is 9.13. The molecular weight excluding hydrogens is 366 g/mol. The van der Waals surface area contributed by atoms with Crippen LogP contribution in [0.25, 0.3) is 0 Å². The fraction of sp³-hybridized carbons (Fsp3) is 0.632. The Bertz CT molecular complexity index is 722. The number of ether oxygens (including phenoxy) is 1. The number of amides is 1. The SMILES string of the molecule is COc1ccc(S(=O)(=O)N2CCN(CCNC(=O)C3CCCC3)CC2)cc1. The molecule has 7 nitrogen and oxygen atoms in total. The van der Waals surface area contributed by atoms with Crippen molar-refractivity contribution in [2.75, 3.05) is 46.4 Å². The molecule has 150 valence electrons. The van der Waals surface area contributed by atoms with Crippen LogP contribution < -0.4 is 10.1 Å². The fourth-order valence-electron chi connectivity index (χ4n) is 3.76. The molecule has 1 aliphatic heterocycles. The Kier molecular flexibility index (Phi) is 6.73. The van der Waals surface area contributed by atoms with Crippen LogP contribution in [0.3, 0.4) is 0 Å². The number of methoxy groups -OCH3 is 1. The number of nitrogens with zero attached hydrogens (tertiary/aromatic N) is 2. The highest BCUT2D eigenvalue weighted by molar-refractivity contribution is 7.89. The molecule has 27 heavy (non-hydrogen) atoms. The van der Waals surface area contributed by atoms with Crippen molar-refractivity contribution in [3.8, 4) is 5.75 Å². The number of rotatable bonds is 7. The highest BCUT2D eigenvalue weighted by Crippen LogP contribution is 2.24. The summed E-state index contributed by atoms with van der Waals surface area (Å²) in [6.45, 7) is 3.66. The molecule has 0 aromatic heterocycles. The van der Waals surface area contributed by atoms with Crippen LogP contribution in [0, 0.1) is 5.92 Å². The van der Waals surface area contributed by atoms with E-state index in [9.17, 15) is 13.2 Å². The Balaban J connectivity index is 1.44. The van der Waals surface area contributed by atoms with E-state index in [2.05, 4.69) is 10.2 Å². The lowest BCUT2D eigenvalue weighted by Gasteiger charge is -2.34. The molecular formula is C19H29N3O4S. The first-order chi connectivity index (χ1) is 13.0. The van der Waals surface area contributed by atoms with E-state index in [1.165, 1.54) is 4.31 Å². The average Bonchev–Trinajstić information content (AvgIpc) is 3.23. The monoisotopic (exact) mass is 395 g/mol. The molecule has 0 radical (unpaired) electrons. The van der Waals surface area contributed by atoms with Crippen LogP contribution in [0.2, 0.25) is 0 Å². The molecule has 1 saturated heterocycles. The van der Waals surface area contributed by atoms with Gasteiger partial charge < -0.3 is 10.1 Å². The number of piperazine rings is 1. The summed E-state index contributed by atoms with van der Waals surface area (Å²) in [7, 11) is -1.92. The molecule has 1 aromatic rings. The molecule has 8 heteroatoms. The lowest BCUT2D eigenvalue weighted by molar-refractivity contribution is -0.124. The zero-order chi connectivity index (χ0) is 19.3. The van der Waals surface area contributed by atoms with Crippen LogP contribution in [-0.4, -0.2) is 69.9 Å². The molecule has 2 fully saturated rings. The Morgan fingerprint density at radius 2 is 1.74 bits per heavy atom. The molecule has 0 atom stereocenters. The van der Waals surface area contributed by atoms with Gasteiger partial charge >= 0.3 is 0 Å². The topological polar surface area (TPSA) is 79.0 Å². The van der Waals surface area contributed by atoms with Gasteiger partial charge in [0.1, 0.15) is 5.75 Å². The summed E-state index contributed by atoms with van der Waals surface area (Å²) < 4.78 is 32.1. The van der Waals surface area contributed by atoms with Gasteiger partial charge in [0.25, 0.3) is 0 Å².